The summed E-state index contributed by atoms with van der Waals surface area (Å²) >= 11 is 0. The summed E-state index contributed by atoms with van der Waals surface area (Å²) in [6, 6.07) is 9.85. The van der Waals surface area contributed by atoms with Crippen molar-refractivity contribution < 1.29 is 19.5 Å². The molecule has 2 aromatic carbocycles. The summed E-state index contributed by atoms with van der Waals surface area (Å²) in [4.78, 5) is 36.1. The molecule has 0 radical (unpaired) electrons. The number of hydrogen-bond donors (Lipinski definition) is 3. The van der Waals surface area contributed by atoms with Crippen LogP contribution in [0.3, 0.4) is 0 Å². The Bertz CT molecular complexity index is 963. The molecule has 0 bridgehead atoms. The fraction of sp³-hybridized carbons (Fsp3) is 0.286. The van der Waals surface area contributed by atoms with Crippen molar-refractivity contribution in [2.45, 2.75) is 38.5 Å². The molecule has 1 aliphatic carbocycles. The third kappa shape index (κ3) is 3.18. The molecule has 1 unspecified atom stereocenters. The van der Waals surface area contributed by atoms with Crippen molar-refractivity contribution in [1.29, 1.82) is 0 Å². The van der Waals surface area contributed by atoms with E-state index in [1.54, 1.807) is 0 Å². The molecule has 27 heavy (non-hydrogen) atoms. The minimum atomic E-state index is -1.31. The topological polar surface area (TPSA) is 109 Å². The molecule has 3 rings (SSSR count). The first-order valence-electron chi connectivity index (χ1n) is 8.74. The molecule has 1 aliphatic rings. The van der Waals surface area contributed by atoms with E-state index in [9.17, 15) is 19.5 Å². The van der Waals surface area contributed by atoms with Crippen LogP contribution in [0.1, 0.15) is 75.3 Å². The van der Waals surface area contributed by atoms with Gasteiger partial charge in [0.05, 0.1) is 16.7 Å². The SMILES string of the molecule is CC1CC(C)(C)c2cccc(NC(=O)c3cccc(C(=O)O)c3C(N)=O)c21. The summed E-state index contributed by atoms with van der Waals surface area (Å²) in [5.74, 6) is -2.55. The van der Waals surface area contributed by atoms with Crippen molar-refractivity contribution >= 4 is 23.5 Å². The summed E-state index contributed by atoms with van der Waals surface area (Å²) in [6.07, 6.45) is 0.969. The Hall–Kier alpha value is -3.15. The van der Waals surface area contributed by atoms with E-state index in [2.05, 4.69) is 32.2 Å². The molecule has 1 atom stereocenters. The number of rotatable bonds is 4. The number of amides is 2. The monoisotopic (exact) mass is 366 g/mol. The average molecular weight is 366 g/mol. The lowest BCUT2D eigenvalue weighted by molar-refractivity contribution is 0.0692. The zero-order chi connectivity index (χ0) is 19.9. The number of carboxylic acid groups (broad SMARTS) is 1. The first kappa shape index (κ1) is 18.6. The number of anilines is 1. The van der Waals surface area contributed by atoms with E-state index in [1.165, 1.54) is 23.8 Å². The van der Waals surface area contributed by atoms with E-state index in [0.717, 1.165) is 12.0 Å². The average Bonchev–Trinajstić information content (AvgIpc) is 2.83. The van der Waals surface area contributed by atoms with E-state index >= 15 is 0 Å². The number of aromatic carboxylic acids is 1. The highest BCUT2D eigenvalue weighted by Crippen LogP contribution is 2.48. The number of benzene rings is 2. The van der Waals surface area contributed by atoms with Crippen LogP contribution in [0.5, 0.6) is 0 Å². The van der Waals surface area contributed by atoms with Crippen LogP contribution in [0.25, 0.3) is 0 Å². The van der Waals surface area contributed by atoms with Gasteiger partial charge in [-0.2, -0.15) is 0 Å². The van der Waals surface area contributed by atoms with Gasteiger partial charge in [-0.1, -0.05) is 39.0 Å². The Labute approximate surface area is 157 Å². The van der Waals surface area contributed by atoms with Gasteiger partial charge in [0, 0.05) is 5.69 Å². The van der Waals surface area contributed by atoms with E-state index in [-0.39, 0.29) is 28.0 Å². The highest BCUT2D eigenvalue weighted by Gasteiger charge is 2.36. The van der Waals surface area contributed by atoms with Crippen molar-refractivity contribution in [3.63, 3.8) is 0 Å². The van der Waals surface area contributed by atoms with Gasteiger partial charge in [-0.15, -0.1) is 0 Å². The molecule has 0 saturated heterocycles. The maximum Gasteiger partial charge on any atom is 0.336 e. The molecule has 4 N–H and O–H groups in total. The Morgan fingerprint density at radius 2 is 1.74 bits per heavy atom. The third-order valence-electron chi connectivity index (χ3n) is 5.18. The van der Waals surface area contributed by atoms with Gasteiger partial charge < -0.3 is 16.2 Å². The summed E-state index contributed by atoms with van der Waals surface area (Å²) < 4.78 is 0. The number of hydrogen-bond acceptors (Lipinski definition) is 3. The minimum absolute atomic E-state index is 0.0110. The Kier molecular flexibility index (Phi) is 4.51. The fourth-order valence-corrected chi connectivity index (χ4v) is 4.15. The standard InChI is InChI=1S/C21H22N2O4/c1-11-10-21(2,3)14-8-5-9-15(16(11)14)23-19(25)12-6-4-7-13(20(26)27)17(12)18(22)24/h4-9,11H,10H2,1-3H3,(H2,22,24)(H,23,25)(H,26,27). The quantitative estimate of drug-likeness (QED) is 0.769. The number of nitrogens with two attached hydrogens (primary N) is 1. The number of fused-ring (bicyclic) bond motifs is 1. The van der Waals surface area contributed by atoms with E-state index < -0.39 is 17.8 Å². The molecule has 0 saturated carbocycles. The summed E-state index contributed by atoms with van der Waals surface area (Å²) in [7, 11) is 0. The molecule has 0 aliphatic heterocycles. The van der Waals surface area contributed by atoms with Gasteiger partial charge in [0.1, 0.15) is 0 Å². The van der Waals surface area contributed by atoms with Crippen molar-refractivity contribution in [2.24, 2.45) is 5.73 Å². The van der Waals surface area contributed by atoms with Gasteiger partial charge in [-0.3, -0.25) is 9.59 Å². The molecule has 6 nitrogen and oxygen atoms in total. The minimum Gasteiger partial charge on any atom is -0.478 e. The van der Waals surface area contributed by atoms with Crippen molar-refractivity contribution in [1.82, 2.24) is 0 Å². The molecule has 140 valence electrons. The molecule has 0 fully saturated rings. The van der Waals surface area contributed by atoms with Crippen LogP contribution in [0.2, 0.25) is 0 Å². The Morgan fingerprint density at radius 1 is 1.11 bits per heavy atom. The van der Waals surface area contributed by atoms with Gasteiger partial charge in [0.15, 0.2) is 0 Å². The molecule has 0 heterocycles. The van der Waals surface area contributed by atoms with Gasteiger partial charge in [0.25, 0.3) is 5.91 Å². The number of primary amides is 1. The van der Waals surface area contributed by atoms with Crippen molar-refractivity contribution in [2.75, 3.05) is 5.32 Å². The van der Waals surface area contributed by atoms with Crippen molar-refractivity contribution in [3.05, 3.63) is 64.2 Å². The second kappa shape index (κ2) is 6.54. The molecule has 0 aromatic heterocycles. The molecule has 2 aromatic rings. The predicted octanol–water partition coefficient (Wildman–Crippen LogP) is 3.52. The normalized spacial score (nSPS) is 17.2. The fourth-order valence-electron chi connectivity index (χ4n) is 4.15. The smallest absolute Gasteiger partial charge is 0.336 e. The lowest BCUT2D eigenvalue weighted by Crippen LogP contribution is -2.24. The number of carboxylic acids is 1. The Balaban J connectivity index is 2.04. The summed E-state index contributed by atoms with van der Waals surface area (Å²) in [5.41, 5.74) is 7.66. The molecule has 2 amide bonds. The zero-order valence-corrected chi connectivity index (χ0v) is 15.5. The number of carbonyl (C=O) groups is 3. The zero-order valence-electron chi connectivity index (χ0n) is 15.5. The van der Waals surface area contributed by atoms with Crippen LogP contribution in [0, 0.1) is 0 Å². The highest BCUT2D eigenvalue weighted by atomic mass is 16.4. The van der Waals surface area contributed by atoms with Gasteiger partial charge in [-0.25, -0.2) is 4.79 Å². The van der Waals surface area contributed by atoms with Crippen LogP contribution >= 0.6 is 0 Å². The maximum absolute atomic E-state index is 12.9. The number of carbonyl (C=O) groups excluding carboxylic acids is 2. The maximum atomic E-state index is 12.9. The van der Waals surface area contributed by atoms with E-state index in [0.29, 0.717) is 5.69 Å². The summed E-state index contributed by atoms with van der Waals surface area (Å²) in [5, 5.41) is 12.1. The van der Waals surface area contributed by atoms with Crippen LogP contribution in [0.4, 0.5) is 5.69 Å². The lowest BCUT2D eigenvalue weighted by atomic mass is 9.86. The third-order valence-corrected chi connectivity index (χ3v) is 5.18. The van der Waals surface area contributed by atoms with Crippen molar-refractivity contribution in [3.8, 4) is 0 Å². The largest absolute Gasteiger partial charge is 0.478 e. The molecule has 0 spiro atoms. The van der Waals surface area contributed by atoms with Gasteiger partial charge in [0.2, 0.25) is 5.91 Å². The van der Waals surface area contributed by atoms with Gasteiger partial charge in [-0.05, 0) is 47.1 Å². The number of nitrogens with one attached hydrogen (secondary N) is 1. The Morgan fingerprint density at radius 3 is 2.37 bits per heavy atom. The first-order chi connectivity index (χ1) is 12.6. The molecular weight excluding hydrogens is 344 g/mol. The van der Waals surface area contributed by atoms with Crippen LogP contribution in [-0.2, 0) is 5.41 Å². The lowest BCUT2D eigenvalue weighted by Gasteiger charge is -2.19. The van der Waals surface area contributed by atoms with Gasteiger partial charge >= 0.3 is 5.97 Å². The second-order valence-corrected chi connectivity index (χ2v) is 7.61. The van der Waals surface area contributed by atoms with E-state index in [1.807, 2.05) is 12.1 Å². The molecule has 6 heteroatoms. The first-order valence-corrected chi connectivity index (χ1v) is 8.74. The highest BCUT2D eigenvalue weighted by molar-refractivity contribution is 6.15. The summed E-state index contributed by atoms with van der Waals surface area (Å²) in [6.45, 7) is 6.45. The van der Waals surface area contributed by atoms with E-state index in [4.69, 9.17) is 5.73 Å². The van der Waals surface area contributed by atoms with Crippen LogP contribution in [0.15, 0.2) is 36.4 Å². The van der Waals surface area contributed by atoms with Crippen LogP contribution < -0.4 is 11.1 Å². The van der Waals surface area contributed by atoms with Crippen LogP contribution in [-0.4, -0.2) is 22.9 Å². The molecular formula is C21H22N2O4. The predicted molar refractivity (Wildman–Crippen MR) is 102 cm³/mol. The second-order valence-electron chi connectivity index (χ2n) is 7.61.